The van der Waals surface area contributed by atoms with Gasteiger partial charge in [-0.2, -0.15) is 0 Å². The van der Waals surface area contributed by atoms with Crippen LogP contribution in [0.15, 0.2) is 0 Å². The number of rotatable bonds is 7. The van der Waals surface area contributed by atoms with Gasteiger partial charge in [-0.05, 0) is 39.8 Å². The molecule has 2 atom stereocenters. The van der Waals surface area contributed by atoms with Crippen molar-refractivity contribution in [3.8, 4) is 0 Å². The molecule has 4 heteroatoms. The second-order valence-corrected chi connectivity index (χ2v) is 5.45. The maximum absolute atomic E-state index is 9.49. The number of likely N-dealkylation sites (N-methyl/N-ethyl adjacent to an activating group) is 1. The molecule has 1 fully saturated rings. The van der Waals surface area contributed by atoms with E-state index < -0.39 is 0 Å². The maximum Gasteiger partial charge on any atom is 0.0775 e. The molecule has 0 aromatic rings. The van der Waals surface area contributed by atoms with Crippen molar-refractivity contribution in [2.75, 3.05) is 33.3 Å². The van der Waals surface area contributed by atoms with E-state index >= 15 is 0 Å². The first-order valence-corrected chi connectivity index (χ1v) is 6.68. The van der Waals surface area contributed by atoms with E-state index in [0.29, 0.717) is 6.04 Å². The minimum absolute atomic E-state index is 0.122. The van der Waals surface area contributed by atoms with Gasteiger partial charge >= 0.3 is 0 Å². The van der Waals surface area contributed by atoms with Crippen molar-refractivity contribution in [2.45, 2.75) is 51.4 Å². The number of ether oxygens (including phenoxy) is 1. The van der Waals surface area contributed by atoms with Crippen LogP contribution in [0.2, 0.25) is 0 Å². The Hall–Kier alpha value is -0.160. The van der Waals surface area contributed by atoms with Crippen LogP contribution in [0.1, 0.15) is 33.6 Å². The van der Waals surface area contributed by atoms with E-state index in [1.807, 2.05) is 0 Å². The molecule has 2 N–H and O–H groups in total. The second-order valence-electron chi connectivity index (χ2n) is 5.45. The van der Waals surface area contributed by atoms with Crippen LogP contribution in [-0.4, -0.2) is 61.0 Å². The van der Waals surface area contributed by atoms with E-state index in [9.17, 15) is 5.11 Å². The van der Waals surface area contributed by atoms with Gasteiger partial charge < -0.3 is 20.1 Å². The SMILES string of the molecule is CCNC(CCN1CCC(O)C1)C(C)(C)OC. The van der Waals surface area contributed by atoms with Gasteiger partial charge in [0.05, 0.1) is 11.7 Å². The zero-order valence-electron chi connectivity index (χ0n) is 11.7. The molecule has 17 heavy (non-hydrogen) atoms. The van der Waals surface area contributed by atoms with Gasteiger partial charge in [-0.15, -0.1) is 0 Å². The summed E-state index contributed by atoms with van der Waals surface area (Å²) >= 11 is 0. The first-order valence-electron chi connectivity index (χ1n) is 6.68. The molecular formula is C13H28N2O2. The summed E-state index contributed by atoms with van der Waals surface area (Å²) in [5.74, 6) is 0. The van der Waals surface area contributed by atoms with Crippen molar-refractivity contribution in [1.29, 1.82) is 0 Å². The summed E-state index contributed by atoms with van der Waals surface area (Å²) < 4.78 is 5.56. The summed E-state index contributed by atoms with van der Waals surface area (Å²) in [7, 11) is 1.77. The molecule has 0 radical (unpaired) electrons. The summed E-state index contributed by atoms with van der Waals surface area (Å²) in [4.78, 5) is 2.33. The summed E-state index contributed by atoms with van der Waals surface area (Å²) in [6, 6.07) is 0.357. The van der Waals surface area contributed by atoms with Gasteiger partial charge in [0.2, 0.25) is 0 Å². The Kier molecular flexibility index (Phi) is 5.86. The largest absolute Gasteiger partial charge is 0.392 e. The Morgan fingerprint density at radius 3 is 2.71 bits per heavy atom. The third-order valence-electron chi connectivity index (χ3n) is 3.80. The van der Waals surface area contributed by atoms with E-state index in [1.54, 1.807) is 7.11 Å². The van der Waals surface area contributed by atoms with Gasteiger partial charge in [-0.25, -0.2) is 0 Å². The monoisotopic (exact) mass is 244 g/mol. The van der Waals surface area contributed by atoms with Gasteiger partial charge in [-0.1, -0.05) is 6.92 Å². The highest BCUT2D eigenvalue weighted by atomic mass is 16.5. The highest BCUT2D eigenvalue weighted by Gasteiger charge is 2.29. The molecule has 0 aromatic heterocycles. The average Bonchev–Trinajstić information content (AvgIpc) is 2.70. The molecule has 0 bridgehead atoms. The highest BCUT2D eigenvalue weighted by Crippen LogP contribution is 2.18. The summed E-state index contributed by atoms with van der Waals surface area (Å²) in [6.45, 7) is 10.2. The lowest BCUT2D eigenvalue weighted by Gasteiger charge is -2.34. The van der Waals surface area contributed by atoms with Gasteiger partial charge in [0, 0.05) is 26.2 Å². The number of methoxy groups -OCH3 is 1. The van der Waals surface area contributed by atoms with Crippen molar-refractivity contribution < 1.29 is 9.84 Å². The molecule has 0 aliphatic carbocycles. The molecule has 1 heterocycles. The number of nitrogens with one attached hydrogen (secondary N) is 1. The number of likely N-dealkylation sites (tertiary alicyclic amines) is 1. The van der Waals surface area contributed by atoms with Crippen LogP contribution < -0.4 is 5.32 Å². The maximum atomic E-state index is 9.49. The van der Waals surface area contributed by atoms with Gasteiger partial charge in [0.15, 0.2) is 0 Å². The lowest BCUT2D eigenvalue weighted by atomic mass is 9.95. The quantitative estimate of drug-likeness (QED) is 0.697. The van der Waals surface area contributed by atoms with E-state index in [0.717, 1.165) is 39.0 Å². The van der Waals surface area contributed by atoms with Gasteiger partial charge in [0.1, 0.15) is 0 Å². The van der Waals surface area contributed by atoms with Crippen LogP contribution in [0.3, 0.4) is 0 Å². The predicted molar refractivity (Wildman–Crippen MR) is 70.2 cm³/mol. The van der Waals surface area contributed by atoms with Crippen LogP contribution in [-0.2, 0) is 4.74 Å². The van der Waals surface area contributed by atoms with Crippen LogP contribution in [0, 0.1) is 0 Å². The molecule has 4 nitrogen and oxygen atoms in total. The van der Waals surface area contributed by atoms with Gasteiger partial charge in [-0.3, -0.25) is 0 Å². The molecule has 1 aliphatic rings. The topological polar surface area (TPSA) is 44.7 Å². The zero-order chi connectivity index (χ0) is 12.9. The molecule has 1 rings (SSSR count). The fraction of sp³-hybridized carbons (Fsp3) is 1.00. The van der Waals surface area contributed by atoms with Crippen molar-refractivity contribution >= 4 is 0 Å². The smallest absolute Gasteiger partial charge is 0.0775 e. The van der Waals surface area contributed by atoms with E-state index in [4.69, 9.17) is 4.74 Å². The Bertz CT molecular complexity index is 221. The third kappa shape index (κ3) is 4.54. The van der Waals surface area contributed by atoms with E-state index in [1.165, 1.54) is 0 Å². The summed E-state index contributed by atoms with van der Waals surface area (Å²) in [5.41, 5.74) is -0.144. The number of aliphatic hydroxyl groups excluding tert-OH is 1. The lowest BCUT2D eigenvalue weighted by Crippen LogP contribution is -2.49. The molecule has 2 unspecified atom stereocenters. The van der Waals surface area contributed by atoms with E-state index in [2.05, 4.69) is 31.0 Å². The van der Waals surface area contributed by atoms with Crippen LogP contribution in [0.5, 0.6) is 0 Å². The Labute approximate surface area is 105 Å². The number of aliphatic hydroxyl groups is 1. The molecule has 0 amide bonds. The minimum Gasteiger partial charge on any atom is -0.392 e. The summed E-state index contributed by atoms with van der Waals surface area (Å²) in [5, 5.41) is 13.0. The van der Waals surface area contributed by atoms with Crippen LogP contribution in [0.4, 0.5) is 0 Å². The molecule has 0 aromatic carbocycles. The fourth-order valence-corrected chi connectivity index (χ4v) is 2.41. The zero-order valence-corrected chi connectivity index (χ0v) is 11.7. The number of β-amino-alcohol motifs (C(OH)–C–C–N with tert-alkyl or cyclic N) is 1. The van der Waals surface area contributed by atoms with Crippen LogP contribution >= 0.6 is 0 Å². The Morgan fingerprint density at radius 2 is 2.24 bits per heavy atom. The van der Waals surface area contributed by atoms with Crippen molar-refractivity contribution in [3.63, 3.8) is 0 Å². The van der Waals surface area contributed by atoms with Crippen molar-refractivity contribution in [3.05, 3.63) is 0 Å². The molecule has 102 valence electrons. The minimum atomic E-state index is -0.144. The number of nitrogens with zero attached hydrogens (tertiary/aromatic N) is 1. The Morgan fingerprint density at radius 1 is 1.53 bits per heavy atom. The van der Waals surface area contributed by atoms with Crippen LogP contribution in [0.25, 0.3) is 0 Å². The molecule has 0 spiro atoms. The third-order valence-corrected chi connectivity index (χ3v) is 3.80. The molecular weight excluding hydrogens is 216 g/mol. The first kappa shape index (κ1) is 14.9. The summed E-state index contributed by atoms with van der Waals surface area (Å²) in [6.07, 6.45) is 1.85. The average molecular weight is 244 g/mol. The highest BCUT2D eigenvalue weighted by molar-refractivity contribution is 4.87. The first-order chi connectivity index (χ1) is 7.99. The molecule has 0 saturated carbocycles. The van der Waals surface area contributed by atoms with Crippen molar-refractivity contribution in [1.82, 2.24) is 10.2 Å². The molecule has 1 aliphatic heterocycles. The van der Waals surface area contributed by atoms with Crippen molar-refractivity contribution in [2.24, 2.45) is 0 Å². The Balaban J connectivity index is 2.39. The van der Waals surface area contributed by atoms with E-state index in [-0.39, 0.29) is 11.7 Å². The lowest BCUT2D eigenvalue weighted by molar-refractivity contribution is -0.0141. The number of hydrogen-bond donors (Lipinski definition) is 2. The normalized spacial score (nSPS) is 24.2. The van der Waals surface area contributed by atoms with Gasteiger partial charge in [0.25, 0.3) is 0 Å². The predicted octanol–water partition coefficient (Wildman–Crippen LogP) is 0.846. The number of hydrogen-bond acceptors (Lipinski definition) is 4. The standard InChI is InChI=1S/C13H28N2O2/c1-5-14-12(13(2,3)17-4)7-9-15-8-6-11(16)10-15/h11-12,14,16H,5-10H2,1-4H3. The second kappa shape index (κ2) is 6.69. The molecule has 1 saturated heterocycles. The fourth-order valence-electron chi connectivity index (χ4n) is 2.41.